The minimum Gasteiger partial charge on any atom is -0.311 e. The number of nitrogens with zero attached hydrogens (tertiary/aromatic N) is 1. The second-order valence-corrected chi connectivity index (χ2v) is 7.22. The van der Waals surface area contributed by atoms with Crippen LogP contribution in [0.1, 0.15) is 38.5 Å². The van der Waals surface area contributed by atoms with Gasteiger partial charge in [-0.2, -0.15) is 25.9 Å². The molecule has 1 aliphatic carbocycles. The highest BCUT2D eigenvalue weighted by atomic mass is 32.3. The van der Waals surface area contributed by atoms with E-state index >= 15 is 0 Å². The van der Waals surface area contributed by atoms with Gasteiger partial charge in [0, 0.05) is 25.2 Å². The summed E-state index contributed by atoms with van der Waals surface area (Å²) in [5, 5.41) is 3.19. The zero-order valence-electron chi connectivity index (χ0n) is 11.6. The predicted molar refractivity (Wildman–Crippen MR) is 69.6 cm³/mol. The van der Waals surface area contributed by atoms with Crippen LogP contribution >= 0.6 is 0 Å². The number of hydrogen-bond acceptors (Lipinski definition) is 3. The zero-order chi connectivity index (χ0) is 15.7. The quantitative estimate of drug-likeness (QED) is 0.638. The monoisotopic (exact) mass is 332 g/mol. The molecule has 0 aromatic rings. The summed E-state index contributed by atoms with van der Waals surface area (Å²) in [4.78, 5) is 0. The Balaban J connectivity index is 1.81. The third-order valence-electron chi connectivity index (χ3n) is 4.37. The third kappa shape index (κ3) is 4.79. The van der Waals surface area contributed by atoms with Gasteiger partial charge in [-0.05, 0) is 32.1 Å². The Bertz CT molecular complexity index is 447. The molecule has 0 aromatic carbocycles. The molecule has 2 atom stereocenters. The third-order valence-corrected chi connectivity index (χ3v) is 5.35. The minimum absolute atomic E-state index is 0.0417. The molecule has 2 aliphatic rings. The van der Waals surface area contributed by atoms with E-state index in [1.807, 2.05) is 0 Å². The van der Waals surface area contributed by atoms with Crippen LogP contribution < -0.4 is 5.32 Å². The molecule has 4 nitrogen and oxygen atoms in total. The van der Waals surface area contributed by atoms with Gasteiger partial charge < -0.3 is 5.32 Å². The summed E-state index contributed by atoms with van der Waals surface area (Å²) in [7, 11) is -4.65. The highest BCUT2D eigenvalue weighted by Gasteiger charge is 2.42. The van der Waals surface area contributed by atoms with Gasteiger partial charge >= 0.3 is 16.6 Å². The predicted octanol–water partition coefficient (Wildman–Crippen LogP) is 2.38. The minimum atomic E-state index is -4.65. The molecule has 2 fully saturated rings. The lowest BCUT2D eigenvalue weighted by molar-refractivity contribution is -0.184. The van der Waals surface area contributed by atoms with Crippen molar-refractivity contribution in [3.05, 3.63) is 0 Å². The molecule has 0 bridgehead atoms. The first-order valence-corrected chi connectivity index (χ1v) is 8.53. The van der Waals surface area contributed by atoms with Gasteiger partial charge in [0.2, 0.25) is 0 Å². The smallest absolute Gasteiger partial charge is 0.311 e. The summed E-state index contributed by atoms with van der Waals surface area (Å²) in [6.45, 7) is 0.151. The summed E-state index contributed by atoms with van der Waals surface area (Å²) in [6, 6.07) is -0.233. The molecule has 1 heterocycles. The van der Waals surface area contributed by atoms with Crippen LogP contribution in [0.15, 0.2) is 0 Å². The number of rotatable bonds is 3. The van der Waals surface area contributed by atoms with Crippen molar-refractivity contribution in [1.29, 1.82) is 0 Å². The molecule has 9 heteroatoms. The number of nitrogens with one attached hydrogen (secondary N) is 1. The zero-order valence-corrected chi connectivity index (χ0v) is 12.4. The Hall–Kier alpha value is -0.410. The summed E-state index contributed by atoms with van der Waals surface area (Å²) in [5.41, 5.74) is 0. The molecule has 0 spiro atoms. The summed E-state index contributed by atoms with van der Waals surface area (Å²) < 4.78 is 73.3. The maximum atomic E-state index is 12.8. The van der Waals surface area contributed by atoms with Crippen LogP contribution in [0.5, 0.6) is 0 Å². The first-order valence-electron chi connectivity index (χ1n) is 7.19. The van der Waals surface area contributed by atoms with E-state index in [0.29, 0.717) is 25.7 Å². The number of alkyl halides is 3. The lowest BCUT2D eigenvalue weighted by Gasteiger charge is -2.36. The van der Waals surface area contributed by atoms with E-state index in [4.69, 9.17) is 0 Å². The first-order chi connectivity index (χ1) is 9.66. The molecule has 1 saturated carbocycles. The van der Waals surface area contributed by atoms with Gasteiger partial charge in [0.05, 0.1) is 5.92 Å². The average Bonchev–Trinajstić information content (AvgIpc) is 2.37. The fourth-order valence-electron chi connectivity index (χ4n) is 3.21. The van der Waals surface area contributed by atoms with Crippen LogP contribution in [0, 0.1) is 5.92 Å². The Kier molecular flexibility index (Phi) is 5.15. The van der Waals surface area contributed by atoms with E-state index in [-0.39, 0.29) is 38.0 Å². The van der Waals surface area contributed by atoms with E-state index < -0.39 is 22.5 Å². The number of piperidine rings is 1. The van der Waals surface area contributed by atoms with Gasteiger partial charge in [-0.1, -0.05) is 10.3 Å². The van der Waals surface area contributed by atoms with Crippen molar-refractivity contribution in [2.45, 2.75) is 56.8 Å². The highest BCUT2D eigenvalue weighted by Crippen LogP contribution is 2.37. The van der Waals surface area contributed by atoms with E-state index in [0.717, 1.165) is 4.31 Å². The molecule has 2 rings (SSSR count). The summed E-state index contributed by atoms with van der Waals surface area (Å²) >= 11 is 0. The Morgan fingerprint density at radius 3 is 2.14 bits per heavy atom. The molecular weight excluding hydrogens is 312 g/mol. The van der Waals surface area contributed by atoms with Crippen molar-refractivity contribution in [1.82, 2.24) is 9.62 Å². The maximum absolute atomic E-state index is 12.8. The molecule has 0 radical (unpaired) electrons. The van der Waals surface area contributed by atoms with Crippen molar-refractivity contribution in [2.24, 2.45) is 5.92 Å². The van der Waals surface area contributed by atoms with E-state index in [2.05, 4.69) is 5.32 Å². The summed E-state index contributed by atoms with van der Waals surface area (Å²) in [5.74, 6) is -1.25. The topological polar surface area (TPSA) is 49.4 Å². The van der Waals surface area contributed by atoms with Crippen molar-refractivity contribution < 1.29 is 25.5 Å². The van der Waals surface area contributed by atoms with Gasteiger partial charge in [0.15, 0.2) is 0 Å². The van der Waals surface area contributed by atoms with Crippen LogP contribution in [-0.2, 0) is 10.4 Å². The van der Waals surface area contributed by atoms with E-state index in [1.165, 1.54) is 0 Å². The largest absolute Gasteiger partial charge is 0.391 e. The Morgan fingerprint density at radius 2 is 1.62 bits per heavy atom. The lowest BCUT2D eigenvalue weighted by atomic mass is 9.84. The van der Waals surface area contributed by atoms with Gasteiger partial charge in [0.1, 0.15) is 0 Å². The molecule has 1 aliphatic heterocycles. The van der Waals surface area contributed by atoms with Gasteiger partial charge in [-0.15, -0.1) is 0 Å². The average molecular weight is 332 g/mol. The van der Waals surface area contributed by atoms with Crippen molar-refractivity contribution in [3.8, 4) is 0 Å². The van der Waals surface area contributed by atoms with E-state index in [9.17, 15) is 25.5 Å². The Morgan fingerprint density at radius 1 is 1.00 bits per heavy atom. The molecule has 1 saturated heterocycles. The molecule has 2 unspecified atom stereocenters. The van der Waals surface area contributed by atoms with Gasteiger partial charge in [0.25, 0.3) is 0 Å². The van der Waals surface area contributed by atoms with Crippen molar-refractivity contribution in [2.75, 3.05) is 13.1 Å². The molecule has 1 N–H and O–H groups in total. The highest BCUT2D eigenvalue weighted by molar-refractivity contribution is 7.83. The van der Waals surface area contributed by atoms with Gasteiger partial charge in [-0.25, -0.2) is 0 Å². The fourth-order valence-corrected chi connectivity index (χ4v) is 3.86. The van der Waals surface area contributed by atoms with Crippen LogP contribution in [0.2, 0.25) is 0 Å². The molecular formula is C12H20F4N2O2S. The first kappa shape index (κ1) is 17.0. The van der Waals surface area contributed by atoms with Crippen molar-refractivity contribution in [3.63, 3.8) is 0 Å². The number of hydrogen-bond donors (Lipinski definition) is 1. The lowest BCUT2D eigenvalue weighted by Crippen LogP contribution is -2.49. The Labute approximate surface area is 122 Å². The second kappa shape index (κ2) is 6.37. The fraction of sp³-hybridized carbons (Fsp3) is 1.00. The standard InChI is InChI=1S/C12H20F4N2O2S/c13-12(14,15)9-2-1-3-11(8-9)17-10-4-6-18(7-5-10)21(16,19)20/h9-11,17H,1-8H2. The van der Waals surface area contributed by atoms with Crippen LogP contribution in [-0.4, -0.2) is 44.1 Å². The van der Waals surface area contributed by atoms with Crippen LogP contribution in [0.3, 0.4) is 0 Å². The van der Waals surface area contributed by atoms with Crippen LogP contribution in [0.4, 0.5) is 17.1 Å². The summed E-state index contributed by atoms with van der Waals surface area (Å²) in [6.07, 6.45) is -1.79. The van der Waals surface area contributed by atoms with Gasteiger partial charge in [-0.3, -0.25) is 0 Å². The maximum Gasteiger partial charge on any atom is 0.391 e. The normalized spacial score (nSPS) is 30.5. The second-order valence-electron chi connectivity index (χ2n) is 5.88. The molecule has 21 heavy (non-hydrogen) atoms. The SMILES string of the molecule is O=S(=O)(F)N1CCC(NC2CCCC(C(F)(F)F)C2)CC1. The number of halogens is 4. The van der Waals surface area contributed by atoms with E-state index in [1.54, 1.807) is 0 Å². The molecule has 0 aromatic heterocycles. The molecule has 124 valence electrons. The van der Waals surface area contributed by atoms with Crippen molar-refractivity contribution >= 4 is 10.4 Å². The molecule has 0 amide bonds. The van der Waals surface area contributed by atoms with Crippen LogP contribution in [0.25, 0.3) is 0 Å².